The largest absolute Gasteiger partial charge is 2.00 e. The fraction of sp³-hybridized carbons (Fsp3) is 0.833. The quantitative estimate of drug-likeness (QED) is 0.320. The number of hydrogen-bond donors (Lipinski definition) is 0. The van der Waals surface area contributed by atoms with Gasteiger partial charge in [0.2, 0.25) is 0 Å². The Balaban J connectivity index is 0. The molecule has 21 heavy (non-hydrogen) atoms. The van der Waals surface area contributed by atoms with Crippen LogP contribution in [-0.2, 0) is 22.2 Å². The Bertz CT molecular complexity index is 239. The molecule has 0 saturated carbocycles. The maximum atomic E-state index is 10.2. The van der Waals surface area contributed by atoms with Gasteiger partial charge in [-0.15, -0.1) is 0 Å². The molecule has 0 rings (SSSR count). The minimum Gasteiger partial charge on any atom is -0.550 e. The second kappa shape index (κ2) is 19.7. The maximum Gasteiger partial charge on any atom is 2.00 e. The Morgan fingerprint density at radius 2 is 1.19 bits per heavy atom. The van der Waals surface area contributed by atoms with Crippen molar-refractivity contribution in [3.63, 3.8) is 0 Å². The van der Waals surface area contributed by atoms with Gasteiger partial charge in [0.1, 0.15) is 0 Å². The molecule has 0 aromatic rings. The predicted octanol–water partition coefficient (Wildman–Crippen LogP) is 4.77. The summed E-state index contributed by atoms with van der Waals surface area (Å²) in [5.74, 6) is -0.914. The Kier molecular flexibility index (Phi) is 21.6. The van der Waals surface area contributed by atoms with E-state index in [1.165, 1.54) is 64.2 Å². The van der Waals surface area contributed by atoms with Crippen LogP contribution in [0.5, 0.6) is 0 Å². The molecule has 3 heteroatoms. The number of unbranched alkanes of at least 4 members (excludes halogenated alkanes) is 11. The van der Waals surface area contributed by atoms with Crippen LogP contribution >= 0.6 is 0 Å². The molecule has 0 spiro atoms. The van der Waals surface area contributed by atoms with Gasteiger partial charge in [-0.05, 0) is 38.5 Å². The molecule has 0 aliphatic rings. The smallest absolute Gasteiger partial charge is 0.550 e. The second-order valence-electron chi connectivity index (χ2n) is 5.71. The van der Waals surface area contributed by atoms with Crippen LogP contribution in [0.1, 0.15) is 96.8 Å². The Morgan fingerprint density at radius 3 is 1.67 bits per heavy atom. The van der Waals surface area contributed by atoms with Gasteiger partial charge in [-0.2, -0.15) is 0 Å². The molecule has 0 radical (unpaired) electrons. The first-order valence-electron chi connectivity index (χ1n) is 8.62. The standard InChI is InChI=1S/C18H34O2.Cr/c1-2-3-4-5-6-7-8-9-10-11-12-13-14-15-16-17-18(19)20;/h9-10H,2-8,11-17H2,1H3,(H,19,20);/q;+2/p-1/b10-9-;. The molecule has 0 bridgehead atoms. The SMILES string of the molecule is CCCCCCCC/C=C\CCCCCCCC(=O)[O-].[Cr+2]. The van der Waals surface area contributed by atoms with Crippen LogP contribution in [0.15, 0.2) is 12.2 Å². The van der Waals surface area contributed by atoms with Crippen molar-refractivity contribution in [2.24, 2.45) is 0 Å². The third-order valence-corrected chi connectivity index (χ3v) is 3.64. The molecule has 0 saturated heterocycles. The summed E-state index contributed by atoms with van der Waals surface area (Å²) in [6.45, 7) is 2.26. The summed E-state index contributed by atoms with van der Waals surface area (Å²) in [7, 11) is 0. The molecule has 0 unspecified atom stereocenters. The number of rotatable bonds is 15. The van der Waals surface area contributed by atoms with Gasteiger partial charge >= 0.3 is 17.4 Å². The summed E-state index contributed by atoms with van der Waals surface area (Å²) >= 11 is 0. The average Bonchev–Trinajstić information content (AvgIpc) is 2.43. The zero-order valence-corrected chi connectivity index (χ0v) is 15.1. The van der Waals surface area contributed by atoms with Crippen LogP contribution in [0.3, 0.4) is 0 Å². The van der Waals surface area contributed by atoms with E-state index < -0.39 is 5.97 Å². The van der Waals surface area contributed by atoms with Crippen molar-refractivity contribution in [2.45, 2.75) is 96.8 Å². The van der Waals surface area contributed by atoms with E-state index in [4.69, 9.17) is 0 Å². The average molecular weight is 333 g/mol. The van der Waals surface area contributed by atoms with Crippen LogP contribution < -0.4 is 5.11 Å². The van der Waals surface area contributed by atoms with E-state index in [2.05, 4.69) is 19.1 Å². The van der Waals surface area contributed by atoms with Crippen molar-refractivity contribution in [1.82, 2.24) is 0 Å². The van der Waals surface area contributed by atoms with E-state index in [9.17, 15) is 9.90 Å². The molecule has 0 aromatic heterocycles. The zero-order chi connectivity index (χ0) is 14.9. The summed E-state index contributed by atoms with van der Waals surface area (Å²) in [6.07, 6.45) is 20.9. The van der Waals surface area contributed by atoms with Crippen LogP contribution in [-0.4, -0.2) is 5.97 Å². The molecule has 0 aliphatic heterocycles. The summed E-state index contributed by atoms with van der Waals surface area (Å²) < 4.78 is 0. The topological polar surface area (TPSA) is 40.1 Å². The molecule has 0 aromatic carbocycles. The monoisotopic (exact) mass is 333 g/mol. The first-order valence-corrected chi connectivity index (χ1v) is 8.62. The Morgan fingerprint density at radius 1 is 0.762 bits per heavy atom. The molecule has 0 fully saturated rings. The summed E-state index contributed by atoms with van der Waals surface area (Å²) in [4.78, 5) is 10.2. The number of carboxylic acids is 1. The molecule has 0 N–H and O–H groups in total. The minimum atomic E-state index is -0.914. The fourth-order valence-electron chi connectivity index (χ4n) is 2.34. The van der Waals surface area contributed by atoms with Crippen molar-refractivity contribution in [3.05, 3.63) is 12.2 Å². The Labute approximate surface area is 142 Å². The van der Waals surface area contributed by atoms with Crippen LogP contribution in [0.25, 0.3) is 0 Å². The maximum absolute atomic E-state index is 10.2. The van der Waals surface area contributed by atoms with Gasteiger partial charge in [-0.1, -0.05) is 70.4 Å². The van der Waals surface area contributed by atoms with Crippen molar-refractivity contribution in [1.29, 1.82) is 0 Å². The zero-order valence-electron chi connectivity index (χ0n) is 13.8. The number of carbonyl (C=O) groups is 1. The van der Waals surface area contributed by atoms with Gasteiger partial charge in [-0.25, -0.2) is 0 Å². The third kappa shape index (κ3) is 22.2. The molecule has 122 valence electrons. The predicted molar refractivity (Wildman–Crippen MR) is 84.5 cm³/mol. The van der Waals surface area contributed by atoms with Gasteiger partial charge in [0.05, 0.1) is 0 Å². The number of carbonyl (C=O) groups excluding carboxylic acids is 1. The van der Waals surface area contributed by atoms with Crippen LogP contribution in [0.2, 0.25) is 0 Å². The van der Waals surface area contributed by atoms with E-state index in [1.54, 1.807) is 0 Å². The normalized spacial score (nSPS) is 10.7. The van der Waals surface area contributed by atoms with Crippen molar-refractivity contribution in [2.75, 3.05) is 0 Å². The van der Waals surface area contributed by atoms with E-state index >= 15 is 0 Å². The van der Waals surface area contributed by atoms with Gasteiger partial charge in [0, 0.05) is 5.97 Å². The van der Waals surface area contributed by atoms with Gasteiger partial charge in [0.15, 0.2) is 0 Å². The molecular formula is C18H33CrO2+. The van der Waals surface area contributed by atoms with E-state index in [1.807, 2.05) is 0 Å². The molecule has 0 atom stereocenters. The van der Waals surface area contributed by atoms with Crippen molar-refractivity contribution < 1.29 is 27.3 Å². The molecule has 2 nitrogen and oxygen atoms in total. The van der Waals surface area contributed by atoms with Gasteiger partial charge in [-0.3, -0.25) is 0 Å². The Hall–Kier alpha value is -0.258. The number of allylic oxidation sites excluding steroid dienone is 2. The van der Waals surface area contributed by atoms with E-state index in [0.717, 1.165) is 19.3 Å². The molecular weight excluding hydrogens is 300 g/mol. The molecule has 0 aliphatic carbocycles. The summed E-state index contributed by atoms with van der Waals surface area (Å²) in [6, 6.07) is 0. The number of hydrogen-bond acceptors (Lipinski definition) is 2. The first-order chi connectivity index (χ1) is 9.77. The minimum absolute atomic E-state index is 0. The number of aliphatic carboxylic acids is 1. The molecule has 0 amide bonds. The third-order valence-electron chi connectivity index (χ3n) is 3.64. The summed E-state index contributed by atoms with van der Waals surface area (Å²) in [5, 5.41) is 10.2. The van der Waals surface area contributed by atoms with Crippen molar-refractivity contribution in [3.8, 4) is 0 Å². The molecule has 0 heterocycles. The van der Waals surface area contributed by atoms with Crippen molar-refractivity contribution >= 4 is 5.97 Å². The van der Waals surface area contributed by atoms with Gasteiger partial charge < -0.3 is 9.90 Å². The first kappa shape index (κ1) is 23.0. The fourth-order valence-corrected chi connectivity index (χ4v) is 2.34. The van der Waals surface area contributed by atoms with Crippen LogP contribution in [0.4, 0.5) is 0 Å². The van der Waals surface area contributed by atoms with Gasteiger partial charge in [0.25, 0.3) is 0 Å². The van der Waals surface area contributed by atoms with E-state index in [0.29, 0.717) is 0 Å². The van der Waals surface area contributed by atoms with E-state index in [-0.39, 0.29) is 23.8 Å². The second-order valence-corrected chi connectivity index (χ2v) is 5.71. The number of carboxylic acid groups (broad SMARTS) is 1. The van der Waals surface area contributed by atoms with Crippen LogP contribution in [0, 0.1) is 0 Å². The summed E-state index contributed by atoms with van der Waals surface area (Å²) in [5.41, 5.74) is 0.